The molecule has 17 heavy (non-hydrogen) atoms. The van der Waals surface area contributed by atoms with E-state index in [0.717, 1.165) is 0 Å². The molecule has 0 bridgehead atoms. The third-order valence-corrected chi connectivity index (χ3v) is 2.17. The standard InChI is InChI=1S/C10H16N2O5/c1-10(2,3)17-9(16)12-6-5(8(14)15)4-11-7(6)13/h5-6H,4H2,1-3H3,(H,11,13)(H,12,16)(H,14,15)/t5-,6+/m0/s1. The van der Waals surface area contributed by atoms with E-state index in [1.54, 1.807) is 20.8 Å². The van der Waals surface area contributed by atoms with E-state index in [9.17, 15) is 14.4 Å². The zero-order valence-corrected chi connectivity index (χ0v) is 9.94. The highest BCUT2D eigenvalue weighted by molar-refractivity contribution is 5.93. The minimum atomic E-state index is -1.13. The van der Waals surface area contributed by atoms with Crippen LogP contribution in [0.15, 0.2) is 0 Å². The summed E-state index contributed by atoms with van der Waals surface area (Å²) >= 11 is 0. The van der Waals surface area contributed by atoms with E-state index in [4.69, 9.17) is 9.84 Å². The second-order valence-corrected chi connectivity index (χ2v) is 4.81. The number of carboxylic acids is 1. The molecule has 1 fully saturated rings. The molecule has 3 N–H and O–H groups in total. The fourth-order valence-corrected chi connectivity index (χ4v) is 1.45. The lowest BCUT2D eigenvalue weighted by atomic mass is 10.0. The van der Waals surface area contributed by atoms with Crippen LogP contribution in [-0.4, -0.2) is 41.3 Å². The molecule has 0 saturated carbocycles. The van der Waals surface area contributed by atoms with Crippen LogP contribution < -0.4 is 10.6 Å². The van der Waals surface area contributed by atoms with Crippen molar-refractivity contribution in [1.29, 1.82) is 0 Å². The van der Waals surface area contributed by atoms with Gasteiger partial charge in [0.1, 0.15) is 17.6 Å². The topological polar surface area (TPSA) is 105 Å². The molecule has 0 aromatic rings. The summed E-state index contributed by atoms with van der Waals surface area (Å²) < 4.78 is 4.95. The average molecular weight is 244 g/mol. The first-order valence-electron chi connectivity index (χ1n) is 5.21. The first-order chi connectivity index (χ1) is 7.70. The Morgan fingerprint density at radius 2 is 2.06 bits per heavy atom. The van der Waals surface area contributed by atoms with Crippen molar-refractivity contribution in [2.75, 3.05) is 6.54 Å². The minimum Gasteiger partial charge on any atom is -0.481 e. The zero-order chi connectivity index (χ0) is 13.2. The molecule has 7 nitrogen and oxygen atoms in total. The van der Waals surface area contributed by atoms with Crippen LogP contribution >= 0.6 is 0 Å². The molecule has 7 heteroatoms. The van der Waals surface area contributed by atoms with E-state index >= 15 is 0 Å². The van der Waals surface area contributed by atoms with Crippen LogP contribution in [0.25, 0.3) is 0 Å². The van der Waals surface area contributed by atoms with Crippen molar-refractivity contribution in [1.82, 2.24) is 10.6 Å². The van der Waals surface area contributed by atoms with Crippen molar-refractivity contribution in [3.8, 4) is 0 Å². The van der Waals surface area contributed by atoms with E-state index in [1.165, 1.54) is 0 Å². The third-order valence-electron chi connectivity index (χ3n) is 2.17. The number of hydrogen-bond donors (Lipinski definition) is 3. The van der Waals surface area contributed by atoms with Crippen molar-refractivity contribution in [2.45, 2.75) is 32.4 Å². The number of aliphatic carboxylic acids is 1. The summed E-state index contributed by atoms with van der Waals surface area (Å²) in [6.45, 7) is 5.04. The molecule has 1 aliphatic rings. The summed E-state index contributed by atoms with van der Waals surface area (Å²) in [5.41, 5.74) is -0.697. The Morgan fingerprint density at radius 3 is 2.53 bits per heavy atom. The second kappa shape index (κ2) is 4.60. The monoisotopic (exact) mass is 244 g/mol. The Hall–Kier alpha value is -1.79. The zero-order valence-electron chi connectivity index (χ0n) is 9.94. The van der Waals surface area contributed by atoms with Gasteiger partial charge in [-0.25, -0.2) is 4.79 Å². The maximum Gasteiger partial charge on any atom is 0.408 e. The van der Waals surface area contributed by atoms with E-state index < -0.39 is 35.5 Å². The normalized spacial score (nSPS) is 24.1. The van der Waals surface area contributed by atoms with Crippen molar-refractivity contribution in [2.24, 2.45) is 5.92 Å². The summed E-state index contributed by atoms with van der Waals surface area (Å²) in [6.07, 6.45) is -0.800. The average Bonchev–Trinajstić information content (AvgIpc) is 2.44. The molecule has 0 radical (unpaired) electrons. The lowest BCUT2D eigenvalue weighted by Crippen LogP contribution is -2.47. The maximum absolute atomic E-state index is 11.4. The lowest BCUT2D eigenvalue weighted by Gasteiger charge is -2.22. The lowest BCUT2D eigenvalue weighted by molar-refractivity contribution is -0.142. The first-order valence-corrected chi connectivity index (χ1v) is 5.21. The van der Waals surface area contributed by atoms with Crippen molar-refractivity contribution >= 4 is 18.0 Å². The quantitative estimate of drug-likeness (QED) is 0.619. The number of alkyl carbamates (subject to hydrolysis) is 1. The van der Waals surface area contributed by atoms with Crippen LogP contribution in [0, 0.1) is 5.92 Å². The van der Waals surface area contributed by atoms with Gasteiger partial charge in [-0.3, -0.25) is 9.59 Å². The molecular formula is C10H16N2O5. The Balaban J connectivity index is 2.63. The van der Waals surface area contributed by atoms with Gasteiger partial charge in [0.2, 0.25) is 5.91 Å². The van der Waals surface area contributed by atoms with Crippen LogP contribution in [0.2, 0.25) is 0 Å². The molecule has 0 unspecified atom stereocenters. The fourth-order valence-electron chi connectivity index (χ4n) is 1.45. The van der Waals surface area contributed by atoms with Gasteiger partial charge >= 0.3 is 12.1 Å². The molecule has 0 aromatic carbocycles. The van der Waals surface area contributed by atoms with E-state index in [1.807, 2.05) is 0 Å². The van der Waals surface area contributed by atoms with Crippen LogP contribution in [0.5, 0.6) is 0 Å². The molecule has 1 heterocycles. The van der Waals surface area contributed by atoms with Gasteiger partial charge in [0.05, 0.1) is 0 Å². The van der Waals surface area contributed by atoms with Gasteiger partial charge in [0, 0.05) is 6.54 Å². The summed E-state index contributed by atoms with van der Waals surface area (Å²) in [6, 6.07) is -1.08. The number of amides is 2. The van der Waals surface area contributed by atoms with E-state index in [-0.39, 0.29) is 6.54 Å². The Bertz CT molecular complexity index is 347. The number of nitrogens with one attached hydrogen (secondary N) is 2. The van der Waals surface area contributed by atoms with Crippen LogP contribution in [0.4, 0.5) is 4.79 Å². The van der Waals surface area contributed by atoms with Gasteiger partial charge in [-0.1, -0.05) is 0 Å². The number of carbonyl (C=O) groups is 3. The van der Waals surface area contributed by atoms with Gasteiger partial charge in [-0.15, -0.1) is 0 Å². The Labute approximate surface area is 98.5 Å². The fraction of sp³-hybridized carbons (Fsp3) is 0.700. The molecule has 0 aliphatic carbocycles. The van der Waals surface area contributed by atoms with Gasteiger partial charge in [-0.2, -0.15) is 0 Å². The SMILES string of the molecule is CC(C)(C)OC(=O)N[C@H]1C(=O)NC[C@@H]1C(=O)O. The van der Waals surface area contributed by atoms with Gasteiger partial charge in [0.15, 0.2) is 0 Å². The summed E-state index contributed by atoms with van der Waals surface area (Å²) in [4.78, 5) is 33.6. The summed E-state index contributed by atoms with van der Waals surface area (Å²) in [5.74, 6) is -2.61. The molecule has 1 saturated heterocycles. The number of hydrogen-bond acceptors (Lipinski definition) is 4. The predicted octanol–water partition coefficient (Wildman–Crippen LogP) is -0.290. The molecule has 2 amide bonds. The van der Waals surface area contributed by atoms with E-state index in [2.05, 4.69) is 10.6 Å². The first kappa shape index (κ1) is 13.3. The molecule has 0 spiro atoms. The number of carbonyl (C=O) groups excluding carboxylic acids is 2. The minimum absolute atomic E-state index is 0.00856. The largest absolute Gasteiger partial charge is 0.481 e. The molecular weight excluding hydrogens is 228 g/mol. The summed E-state index contributed by atoms with van der Waals surface area (Å²) in [5, 5.41) is 13.5. The molecule has 96 valence electrons. The van der Waals surface area contributed by atoms with Crippen LogP contribution in [0.3, 0.4) is 0 Å². The highest BCUT2D eigenvalue weighted by Gasteiger charge is 2.41. The second-order valence-electron chi connectivity index (χ2n) is 4.81. The molecule has 1 rings (SSSR count). The summed E-state index contributed by atoms with van der Waals surface area (Å²) in [7, 11) is 0. The van der Waals surface area contributed by atoms with Gasteiger partial charge < -0.3 is 20.5 Å². The number of carboxylic acid groups (broad SMARTS) is 1. The number of ether oxygens (including phenoxy) is 1. The van der Waals surface area contributed by atoms with Crippen LogP contribution in [0.1, 0.15) is 20.8 Å². The Kier molecular flexibility index (Phi) is 3.59. The highest BCUT2D eigenvalue weighted by Crippen LogP contribution is 2.12. The maximum atomic E-state index is 11.4. The van der Waals surface area contributed by atoms with Crippen molar-refractivity contribution in [3.63, 3.8) is 0 Å². The third kappa shape index (κ3) is 3.61. The van der Waals surface area contributed by atoms with Gasteiger partial charge in [0.25, 0.3) is 0 Å². The van der Waals surface area contributed by atoms with Crippen molar-refractivity contribution < 1.29 is 24.2 Å². The van der Waals surface area contributed by atoms with E-state index in [0.29, 0.717) is 0 Å². The highest BCUT2D eigenvalue weighted by atomic mass is 16.6. The number of rotatable bonds is 2. The molecule has 1 aliphatic heterocycles. The van der Waals surface area contributed by atoms with Gasteiger partial charge in [-0.05, 0) is 20.8 Å². The van der Waals surface area contributed by atoms with Crippen molar-refractivity contribution in [3.05, 3.63) is 0 Å². The Morgan fingerprint density at radius 1 is 1.47 bits per heavy atom. The van der Waals surface area contributed by atoms with Crippen LogP contribution in [-0.2, 0) is 14.3 Å². The molecule has 0 aromatic heterocycles. The predicted molar refractivity (Wildman–Crippen MR) is 57.3 cm³/mol. The smallest absolute Gasteiger partial charge is 0.408 e. The molecule has 2 atom stereocenters.